The summed E-state index contributed by atoms with van der Waals surface area (Å²) in [5, 5.41) is 0. The van der Waals surface area contributed by atoms with Crippen LogP contribution in [0.15, 0.2) is 0 Å². The molecule has 0 aromatic heterocycles. The molecule has 13 heavy (non-hydrogen) atoms. The number of hydrogen-bond donors (Lipinski definition) is 5. The van der Waals surface area contributed by atoms with Gasteiger partial charge in [-0.15, -0.1) is 0 Å². The summed E-state index contributed by atoms with van der Waals surface area (Å²) >= 11 is 0. The molecule has 7 N–H and O–H groups in total. The Morgan fingerprint density at radius 2 is 0.615 bits per heavy atom. The van der Waals surface area contributed by atoms with E-state index >= 15 is 0 Å². The molecule has 0 aliphatic rings. The second kappa shape index (κ2) is 11.8. The van der Waals surface area contributed by atoms with Crippen molar-refractivity contribution < 1.29 is 35.0 Å². The molecule has 13 heteroatoms. The third kappa shape index (κ3) is 649. The van der Waals surface area contributed by atoms with E-state index in [-0.39, 0.29) is 65.3 Å². The molecular weight excluding hydrogens is 252 g/mol. The van der Waals surface area contributed by atoms with Crippen LogP contribution in [-0.2, 0) is 20.8 Å². The summed E-state index contributed by atoms with van der Waals surface area (Å²) in [4.78, 5) is 0. The molecule has 0 amide bonds. The summed E-state index contributed by atoms with van der Waals surface area (Å²) in [5.41, 5.74) is 0. The molecule has 0 aromatic carbocycles. The Bertz CT molecular complexity index is 217. The standard InChI is InChI=1S/H3N.2Na.2H2O4S.2H/c;;;2*1-5(2,3)4;;/h1H3;;;2*(H2,1,2,3,4);;. The van der Waals surface area contributed by atoms with Crippen LogP contribution in [0.4, 0.5) is 0 Å². The van der Waals surface area contributed by atoms with E-state index in [4.69, 9.17) is 35.0 Å². The van der Waals surface area contributed by atoms with Gasteiger partial charge < -0.3 is 6.15 Å². The normalized spacial score (nSPS) is 8.92. The average molecular weight is 261 g/mol. The molecule has 0 aliphatic carbocycles. The Morgan fingerprint density at radius 1 is 0.615 bits per heavy atom. The van der Waals surface area contributed by atoms with Crippen molar-refractivity contribution in [1.82, 2.24) is 6.15 Å². The minimum absolute atomic E-state index is 0. The van der Waals surface area contributed by atoms with Crippen molar-refractivity contribution >= 4 is 79.9 Å². The molecule has 0 rings (SSSR count). The van der Waals surface area contributed by atoms with E-state index in [1.807, 2.05) is 0 Å². The van der Waals surface area contributed by atoms with Crippen molar-refractivity contribution in [2.45, 2.75) is 0 Å². The first-order valence-electron chi connectivity index (χ1n) is 1.40. The monoisotopic (exact) mass is 261 g/mol. The van der Waals surface area contributed by atoms with Crippen LogP contribution in [0.3, 0.4) is 0 Å². The van der Waals surface area contributed by atoms with Gasteiger partial charge in [-0.05, 0) is 0 Å². The molecule has 0 atom stereocenters. The van der Waals surface area contributed by atoms with Crippen LogP contribution in [0.1, 0.15) is 0 Å². The summed E-state index contributed by atoms with van der Waals surface area (Å²) in [6.07, 6.45) is 0. The SMILES string of the molecule is N.O=S(=O)(O)O.O=S(=O)(O)O.[NaH].[NaH]. The molecular formula is H9NNa2O8S2. The molecule has 0 saturated carbocycles. The zero-order valence-electron chi connectivity index (χ0n) is 4.95. The summed E-state index contributed by atoms with van der Waals surface area (Å²) in [5.74, 6) is 0. The maximum absolute atomic E-state index is 8.74. The van der Waals surface area contributed by atoms with Crippen LogP contribution >= 0.6 is 0 Å². The van der Waals surface area contributed by atoms with Crippen molar-refractivity contribution in [1.29, 1.82) is 0 Å². The van der Waals surface area contributed by atoms with Crippen molar-refractivity contribution in [2.75, 3.05) is 0 Å². The first-order chi connectivity index (χ1) is 4.00. The molecule has 0 saturated heterocycles. The van der Waals surface area contributed by atoms with E-state index < -0.39 is 20.8 Å². The fourth-order valence-corrected chi connectivity index (χ4v) is 0. The van der Waals surface area contributed by atoms with Crippen molar-refractivity contribution in [2.24, 2.45) is 0 Å². The average Bonchev–Trinajstić information content (AvgIpc) is 1.12. The van der Waals surface area contributed by atoms with Gasteiger partial charge in [0, 0.05) is 0 Å². The number of hydrogen-bond acceptors (Lipinski definition) is 5. The van der Waals surface area contributed by atoms with Crippen LogP contribution in [0.5, 0.6) is 0 Å². The third-order valence-electron chi connectivity index (χ3n) is 0. The molecule has 0 unspecified atom stereocenters. The van der Waals surface area contributed by atoms with Gasteiger partial charge in [0.05, 0.1) is 0 Å². The topological polar surface area (TPSA) is 184 Å². The summed E-state index contributed by atoms with van der Waals surface area (Å²) in [6, 6.07) is 0. The fraction of sp³-hybridized carbons (Fsp3) is 0. The summed E-state index contributed by atoms with van der Waals surface area (Å²) < 4.78 is 63.2. The second-order valence-electron chi connectivity index (χ2n) is 0.896. The fourth-order valence-electron chi connectivity index (χ4n) is 0. The van der Waals surface area contributed by atoms with Gasteiger partial charge in [0.15, 0.2) is 0 Å². The Balaban J connectivity index is -0.0000000267. The number of rotatable bonds is 0. The van der Waals surface area contributed by atoms with E-state index in [2.05, 4.69) is 0 Å². The van der Waals surface area contributed by atoms with Crippen LogP contribution < -0.4 is 6.15 Å². The molecule has 0 fully saturated rings. The van der Waals surface area contributed by atoms with Gasteiger partial charge in [-0.2, -0.15) is 16.8 Å². The molecule has 9 nitrogen and oxygen atoms in total. The van der Waals surface area contributed by atoms with Gasteiger partial charge in [-0.1, -0.05) is 0 Å². The summed E-state index contributed by atoms with van der Waals surface area (Å²) in [6.45, 7) is 0. The van der Waals surface area contributed by atoms with Gasteiger partial charge in [-0.25, -0.2) is 0 Å². The van der Waals surface area contributed by atoms with Gasteiger partial charge >= 0.3 is 79.9 Å². The van der Waals surface area contributed by atoms with Gasteiger partial charge in [0.1, 0.15) is 0 Å². The first kappa shape index (κ1) is 29.3. The molecule has 0 spiro atoms. The van der Waals surface area contributed by atoms with E-state index in [1.165, 1.54) is 0 Å². The van der Waals surface area contributed by atoms with E-state index in [0.717, 1.165) is 0 Å². The van der Waals surface area contributed by atoms with Gasteiger partial charge in [0.25, 0.3) is 0 Å². The Labute approximate surface area is 120 Å². The van der Waals surface area contributed by atoms with Crippen LogP contribution in [0, 0.1) is 0 Å². The van der Waals surface area contributed by atoms with Gasteiger partial charge in [0.2, 0.25) is 0 Å². The zero-order chi connectivity index (χ0) is 9.00. The van der Waals surface area contributed by atoms with E-state index in [0.29, 0.717) is 0 Å². The van der Waals surface area contributed by atoms with Crippen LogP contribution in [0.2, 0.25) is 0 Å². The predicted octanol–water partition coefficient (Wildman–Crippen LogP) is -2.44. The minimum atomic E-state index is -4.67. The molecule has 0 aliphatic heterocycles. The van der Waals surface area contributed by atoms with Gasteiger partial charge in [-0.3, -0.25) is 18.2 Å². The van der Waals surface area contributed by atoms with Crippen LogP contribution in [-0.4, -0.2) is 94.2 Å². The summed E-state index contributed by atoms with van der Waals surface area (Å²) in [7, 11) is -9.33. The predicted molar refractivity (Wildman–Crippen MR) is 47.7 cm³/mol. The molecule has 0 aromatic rings. The second-order valence-corrected chi connectivity index (χ2v) is 2.69. The van der Waals surface area contributed by atoms with E-state index in [9.17, 15) is 0 Å². The van der Waals surface area contributed by atoms with E-state index in [1.54, 1.807) is 0 Å². The van der Waals surface area contributed by atoms with Crippen molar-refractivity contribution in [3.8, 4) is 0 Å². The molecule has 0 radical (unpaired) electrons. The van der Waals surface area contributed by atoms with Crippen LogP contribution in [0.25, 0.3) is 0 Å². The molecule has 76 valence electrons. The quantitative estimate of drug-likeness (QED) is 0.233. The maximum atomic E-state index is 8.74. The Morgan fingerprint density at radius 3 is 0.615 bits per heavy atom. The Hall–Kier alpha value is 1.70. The Kier molecular flexibility index (Phi) is 26.6. The van der Waals surface area contributed by atoms with Crippen molar-refractivity contribution in [3.05, 3.63) is 0 Å². The zero-order valence-corrected chi connectivity index (χ0v) is 6.58. The third-order valence-corrected chi connectivity index (χ3v) is 0. The molecule has 0 bridgehead atoms. The first-order valence-corrected chi connectivity index (χ1v) is 4.19. The van der Waals surface area contributed by atoms with Crippen molar-refractivity contribution in [3.63, 3.8) is 0 Å². The molecule has 0 heterocycles.